The number of ether oxygens (including phenoxy) is 1. The van der Waals surface area contributed by atoms with Crippen LogP contribution in [0.25, 0.3) is 0 Å². The maximum atomic E-state index is 11.3. The van der Waals surface area contributed by atoms with Crippen LogP contribution in [0, 0.1) is 5.92 Å². The summed E-state index contributed by atoms with van der Waals surface area (Å²) in [5.41, 5.74) is 4.10. The molecule has 2 unspecified atom stereocenters. The number of carboxylic acid groups (broad SMARTS) is 1. The topological polar surface area (TPSA) is 87.7 Å². The zero-order valence-electron chi connectivity index (χ0n) is 11.0. The quantitative estimate of drug-likeness (QED) is 0.640. The monoisotopic (exact) mass is 246 g/mol. The van der Waals surface area contributed by atoms with E-state index in [1.54, 1.807) is 27.7 Å². The highest BCUT2D eigenvalue weighted by molar-refractivity contribution is 5.74. The summed E-state index contributed by atoms with van der Waals surface area (Å²) in [6.45, 7) is 8.88. The Balaban J connectivity index is 4.23. The third kappa shape index (κ3) is 6.78. The van der Waals surface area contributed by atoms with Gasteiger partial charge in [-0.25, -0.2) is 10.2 Å². The molecule has 0 bridgehead atoms. The number of carboxylic acids is 1. The number of aliphatic carboxylic acids is 1. The molecule has 3 N–H and O–H groups in total. The van der Waals surface area contributed by atoms with Crippen molar-refractivity contribution in [2.75, 3.05) is 0 Å². The first-order valence-electron chi connectivity index (χ1n) is 5.64. The molecule has 0 heterocycles. The van der Waals surface area contributed by atoms with Gasteiger partial charge in [-0.15, -0.1) is 0 Å². The van der Waals surface area contributed by atoms with Crippen molar-refractivity contribution in [1.29, 1.82) is 0 Å². The molecule has 0 aromatic rings. The molecule has 100 valence electrons. The van der Waals surface area contributed by atoms with E-state index in [2.05, 4.69) is 10.9 Å². The number of nitrogens with one attached hydrogen (secondary N) is 2. The third-order valence-electron chi connectivity index (χ3n) is 2.21. The van der Waals surface area contributed by atoms with E-state index in [-0.39, 0.29) is 5.92 Å². The van der Waals surface area contributed by atoms with Gasteiger partial charge >= 0.3 is 12.1 Å². The minimum Gasteiger partial charge on any atom is -0.480 e. The van der Waals surface area contributed by atoms with Crippen LogP contribution >= 0.6 is 0 Å². The molecule has 2 atom stereocenters. The van der Waals surface area contributed by atoms with Gasteiger partial charge in [0, 0.05) is 0 Å². The maximum absolute atomic E-state index is 11.3. The summed E-state index contributed by atoms with van der Waals surface area (Å²) in [5, 5.41) is 8.97. The fourth-order valence-electron chi connectivity index (χ4n) is 1.12. The Labute approximate surface area is 102 Å². The number of carbonyl (C=O) groups is 2. The van der Waals surface area contributed by atoms with E-state index in [9.17, 15) is 9.59 Å². The van der Waals surface area contributed by atoms with E-state index in [0.29, 0.717) is 6.42 Å². The average Bonchev–Trinajstić information content (AvgIpc) is 2.14. The summed E-state index contributed by atoms with van der Waals surface area (Å²) in [7, 11) is 0. The van der Waals surface area contributed by atoms with Crippen molar-refractivity contribution in [3.63, 3.8) is 0 Å². The summed E-state index contributed by atoms with van der Waals surface area (Å²) in [6, 6.07) is -0.826. The summed E-state index contributed by atoms with van der Waals surface area (Å²) in [4.78, 5) is 22.3. The Morgan fingerprint density at radius 3 is 2.24 bits per heavy atom. The van der Waals surface area contributed by atoms with Gasteiger partial charge in [0.2, 0.25) is 0 Å². The molecular formula is C11H22N2O4. The highest BCUT2D eigenvalue weighted by Gasteiger charge is 2.24. The molecule has 6 nitrogen and oxygen atoms in total. The molecule has 0 saturated heterocycles. The van der Waals surface area contributed by atoms with E-state index >= 15 is 0 Å². The Morgan fingerprint density at radius 1 is 1.35 bits per heavy atom. The summed E-state index contributed by atoms with van der Waals surface area (Å²) >= 11 is 0. The van der Waals surface area contributed by atoms with Crippen LogP contribution in [0.2, 0.25) is 0 Å². The number of amides is 1. The van der Waals surface area contributed by atoms with Gasteiger partial charge in [0.05, 0.1) is 0 Å². The number of hydrogen-bond acceptors (Lipinski definition) is 4. The normalized spacial score (nSPS) is 14.9. The number of rotatable bonds is 5. The number of hydrazine groups is 1. The van der Waals surface area contributed by atoms with E-state index in [1.165, 1.54) is 0 Å². The smallest absolute Gasteiger partial charge is 0.422 e. The van der Waals surface area contributed by atoms with Gasteiger partial charge in [0.15, 0.2) is 0 Å². The van der Waals surface area contributed by atoms with Gasteiger partial charge in [0.1, 0.15) is 11.6 Å². The van der Waals surface area contributed by atoms with Crippen molar-refractivity contribution in [2.45, 2.75) is 52.7 Å². The van der Waals surface area contributed by atoms with E-state index in [4.69, 9.17) is 9.84 Å². The molecule has 0 aliphatic heterocycles. The molecule has 1 amide bonds. The first kappa shape index (κ1) is 15.7. The fourth-order valence-corrected chi connectivity index (χ4v) is 1.12. The van der Waals surface area contributed by atoms with Crippen LogP contribution in [0.3, 0.4) is 0 Å². The largest absolute Gasteiger partial charge is 0.480 e. The van der Waals surface area contributed by atoms with Gasteiger partial charge in [0.25, 0.3) is 0 Å². The van der Waals surface area contributed by atoms with Crippen molar-refractivity contribution >= 4 is 12.1 Å². The van der Waals surface area contributed by atoms with Gasteiger partial charge in [-0.1, -0.05) is 20.3 Å². The molecule has 17 heavy (non-hydrogen) atoms. The van der Waals surface area contributed by atoms with Gasteiger partial charge in [-0.2, -0.15) is 0 Å². The predicted octanol–water partition coefficient (Wildman–Crippen LogP) is 1.51. The summed E-state index contributed by atoms with van der Waals surface area (Å²) in [6.07, 6.45) is 0.00650. The molecule has 0 aliphatic carbocycles. The molecular weight excluding hydrogens is 224 g/mol. The second-order valence-electron chi connectivity index (χ2n) is 4.97. The Kier molecular flexibility index (Phi) is 5.95. The lowest BCUT2D eigenvalue weighted by molar-refractivity contribution is -0.141. The second kappa shape index (κ2) is 6.44. The zero-order valence-corrected chi connectivity index (χ0v) is 11.0. The molecule has 0 rings (SSSR count). The molecule has 0 aromatic heterocycles. The SMILES string of the molecule is CCC(C)C(NNC(=O)OC(C)(C)C)C(=O)O. The predicted molar refractivity (Wildman–Crippen MR) is 63.4 cm³/mol. The first-order chi connectivity index (χ1) is 7.67. The van der Waals surface area contributed by atoms with Crippen LogP contribution in [0.5, 0.6) is 0 Å². The van der Waals surface area contributed by atoms with Crippen LogP contribution in [0.15, 0.2) is 0 Å². The summed E-state index contributed by atoms with van der Waals surface area (Å²) < 4.78 is 4.98. The fraction of sp³-hybridized carbons (Fsp3) is 0.818. The van der Waals surface area contributed by atoms with Crippen LogP contribution in [0.1, 0.15) is 41.0 Å². The number of hydrogen-bond donors (Lipinski definition) is 3. The lowest BCUT2D eigenvalue weighted by atomic mass is 10.0. The second-order valence-corrected chi connectivity index (χ2v) is 4.97. The van der Waals surface area contributed by atoms with Gasteiger partial charge < -0.3 is 9.84 Å². The Hall–Kier alpha value is -1.30. The van der Waals surface area contributed by atoms with Crippen LogP contribution in [-0.4, -0.2) is 28.8 Å². The van der Waals surface area contributed by atoms with Crippen LogP contribution in [0.4, 0.5) is 4.79 Å². The minimum absolute atomic E-state index is 0.0950. The van der Waals surface area contributed by atoms with Gasteiger partial charge in [-0.05, 0) is 26.7 Å². The molecule has 0 saturated carbocycles. The Bertz CT molecular complexity index is 273. The lowest BCUT2D eigenvalue weighted by Gasteiger charge is -2.23. The third-order valence-corrected chi connectivity index (χ3v) is 2.21. The van der Waals surface area contributed by atoms with Crippen molar-refractivity contribution in [2.24, 2.45) is 5.92 Å². The molecule has 0 aliphatic rings. The van der Waals surface area contributed by atoms with E-state index in [0.717, 1.165) is 0 Å². The van der Waals surface area contributed by atoms with Crippen LogP contribution < -0.4 is 10.9 Å². The van der Waals surface area contributed by atoms with Crippen molar-refractivity contribution in [3.8, 4) is 0 Å². The Morgan fingerprint density at radius 2 is 1.88 bits per heavy atom. The van der Waals surface area contributed by atoms with Crippen LogP contribution in [-0.2, 0) is 9.53 Å². The zero-order chi connectivity index (χ0) is 13.6. The molecule has 0 spiro atoms. The lowest BCUT2D eigenvalue weighted by Crippen LogP contribution is -2.52. The molecule has 0 radical (unpaired) electrons. The molecule has 0 fully saturated rings. The van der Waals surface area contributed by atoms with Gasteiger partial charge in [-0.3, -0.25) is 10.2 Å². The summed E-state index contributed by atoms with van der Waals surface area (Å²) in [5.74, 6) is -1.10. The maximum Gasteiger partial charge on any atom is 0.422 e. The standard InChI is InChI=1S/C11H22N2O4/c1-6-7(2)8(9(14)15)12-13-10(16)17-11(3,4)5/h7-8,12H,6H2,1-5H3,(H,13,16)(H,14,15). The van der Waals surface area contributed by atoms with Crippen molar-refractivity contribution < 1.29 is 19.4 Å². The first-order valence-corrected chi connectivity index (χ1v) is 5.64. The van der Waals surface area contributed by atoms with E-state index < -0.39 is 23.7 Å². The van der Waals surface area contributed by atoms with E-state index in [1.807, 2.05) is 6.92 Å². The number of carbonyl (C=O) groups excluding carboxylic acids is 1. The molecule has 6 heteroatoms. The van der Waals surface area contributed by atoms with Crippen molar-refractivity contribution in [3.05, 3.63) is 0 Å². The highest BCUT2D eigenvalue weighted by atomic mass is 16.6. The average molecular weight is 246 g/mol. The van der Waals surface area contributed by atoms with Crippen molar-refractivity contribution in [1.82, 2.24) is 10.9 Å². The highest BCUT2D eigenvalue weighted by Crippen LogP contribution is 2.08. The minimum atomic E-state index is -1.00. The molecule has 0 aromatic carbocycles.